The number of pyridine rings is 1. The summed E-state index contributed by atoms with van der Waals surface area (Å²) in [5.41, 5.74) is -0.589. The molecule has 0 N–H and O–H groups in total. The molecule has 3 aliphatic heterocycles. The van der Waals surface area contributed by atoms with Crippen molar-refractivity contribution in [2.24, 2.45) is 11.3 Å². The first kappa shape index (κ1) is 18.3. The highest BCUT2D eigenvalue weighted by atomic mass is 32.2. The van der Waals surface area contributed by atoms with Gasteiger partial charge in [0.05, 0.1) is 23.8 Å². The second-order valence-corrected chi connectivity index (χ2v) is 9.22. The number of halogens is 3. The van der Waals surface area contributed by atoms with E-state index in [0.717, 1.165) is 32.4 Å². The smallest absolute Gasteiger partial charge is 0.381 e. The van der Waals surface area contributed by atoms with Crippen LogP contribution in [0.15, 0.2) is 17.0 Å². The van der Waals surface area contributed by atoms with Crippen molar-refractivity contribution in [1.29, 1.82) is 0 Å². The molecule has 9 heteroatoms. The molecule has 26 heavy (non-hydrogen) atoms. The van der Waals surface area contributed by atoms with E-state index in [2.05, 4.69) is 16.8 Å². The highest BCUT2D eigenvalue weighted by molar-refractivity contribution is 7.82. The molecule has 5 nitrogen and oxygen atoms in total. The van der Waals surface area contributed by atoms with Gasteiger partial charge >= 0.3 is 6.18 Å². The molecule has 2 atom stereocenters. The Morgan fingerprint density at radius 3 is 2.42 bits per heavy atom. The molecule has 0 amide bonds. The molecule has 0 radical (unpaired) electrons. The van der Waals surface area contributed by atoms with E-state index >= 15 is 0 Å². The largest absolute Gasteiger partial charge is 0.433 e. The van der Waals surface area contributed by atoms with Crippen LogP contribution < -0.4 is 0 Å². The third-order valence-electron chi connectivity index (χ3n) is 5.77. The highest BCUT2D eigenvalue weighted by Crippen LogP contribution is 2.43. The van der Waals surface area contributed by atoms with Crippen molar-refractivity contribution < 1.29 is 22.1 Å². The zero-order valence-corrected chi connectivity index (χ0v) is 15.6. The zero-order chi connectivity index (χ0) is 18.7. The summed E-state index contributed by atoms with van der Waals surface area (Å²) < 4.78 is 57.9. The summed E-state index contributed by atoms with van der Waals surface area (Å²) in [6, 6.07) is 2.71. The van der Waals surface area contributed by atoms with E-state index in [9.17, 15) is 17.4 Å². The van der Waals surface area contributed by atoms with Crippen LogP contribution in [-0.2, 0) is 21.9 Å². The summed E-state index contributed by atoms with van der Waals surface area (Å²) in [4.78, 5) is 6.39. The van der Waals surface area contributed by atoms with Gasteiger partial charge in [-0.15, -0.1) is 0 Å². The Labute approximate surface area is 153 Å². The Morgan fingerprint density at radius 2 is 1.92 bits per heavy atom. The van der Waals surface area contributed by atoms with Crippen molar-refractivity contribution in [3.8, 4) is 0 Å². The summed E-state index contributed by atoms with van der Waals surface area (Å²) in [7, 11) is -1.46. The monoisotopic (exact) mass is 389 g/mol. The minimum atomic E-state index is -4.48. The molecule has 1 aromatic rings. The molecule has 1 spiro atoms. The second kappa shape index (κ2) is 6.25. The average Bonchev–Trinajstić information content (AvgIpc) is 2.41. The fraction of sp³-hybridized carbons (Fsp3) is 0.706. The van der Waals surface area contributed by atoms with Crippen LogP contribution >= 0.6 is 0 Å². The van der Waals surface area contributed by atoms with Crippen LogP contribution in [0.4, 0.5) is 13.2 Å². The Morgan fingerprint density at radius 1 is 1.27 bits per heavy atom. The average molecular weight is 389 g/mol. The molecule has 4 heterocycles. The number of aromatic nitrogens is 1. The van der Waals surface area contributed by atoms with E-state index in [1.54, 1.807) is 0 Å². The summed E-state index contributed by atoms with van der Waals surface area (Å²) >= 11 is 0. The van der Waals surface area contributed by atoms with E-state index in [4.69, 9.17) is 4.74 Å². The maximum Gasteiger partial charge on any atom is 0.433 e. The van der Waals surface area contributed by atoms with Crippen LogP contribution in [0.25, 0.3) is 0 Å². The van der Waals surface area contributed by atoms with E-state index in [0.29, 0.717) is 29.9 Å². The minimum absolute atomic E-state index is 0.174. The van der Waals surface area contributed by atoms with Gasteiger partial charge in [-0.25, -0.2) is 13.5 Å². The summed E-state index contributed by atoms with van der Waals surface area (Å²) in [6.07, 6.45) is -4.48. The van der Waals surface area contributed by atoms with Crippen LogP contribution in [0.2, 0.25) is 0 Å². The SMILES string of the molecule is Cc1nc(C(F)(F)F)ccc1S(=O)N1CC2(CN(C(C)C3COC3)C2)C1. The molecule has 0 aliphatic carbocycles. The Balaban J connectivity index is 1.34. The van der Waals surface area contributed by atoms with E-state index in [1.165, 1.54) is 13.0 Å². The van der Waals surface area contributed by atoms with E-state index in [1.807, 2.05) is 4.31 Å². The van der Waals surface area contributed by atoms with Crippen molar-refractivity contribution in [2.45, 2.75) is 31.0 Å². The topological polar surface area (TPSA) is 45.7 Å². The zero-order valence-electron chi connectivity index (χ0n) is 14.8. The summed E-state index contributed by atoms with van der Waals surface area (Å²) in [6.45, 7) is 8.78. The third-order valence-corrected chi connectivity index (χ3v) is 7.31. The lowest BCUT2D eigenvalue weighted by Crippen LogP contribution is -2.74. The van der Waals surface area contributed by atoms with Gasteiger partial charge in [0.2, 0.25) is 0 Å². The number of nitrogens with zero attached hydrogens (tertiary/aromatic N) is 3. The molecule has 144 valence electrons. The van der Waals surface area contributed by atoms with Gasteiger partial charge in [-0.1, -0.05) is 0 Å². The van der Waals surface area contributed by atoms with Gasteiger partial charge in [-0.05, 0) is 26.0 Å². The lowest BCUT2D eigenvalue weighted by molar-refractivity contribution is -0.141. The molecule has 0 aromatic carbocycles. The van der Waals surface area contributed by atoms with Gasteiger partial charge < -0.3 is 4.74 Å². The number of hydrogen-bond donors (Lipinski definition) is 0. The lowest BCUT2D eigenvalue weighted by atomic mass is 9.73. The summed E-state index contributed by atoms with van der Waals surface area (Å²) in [5, 5.41) is 0. The lowest BCUT2D eigenvalue weighted by Gasteiger charge is -2.62. The van der Waals surface area contributed by atoms with Crippen molar-refractivity contribution in [1.82, 2.24) is 14.2 Å². The molecule has 3 fully saturated rings. The quantitative estimate of drug-likeness (QED) is 0.791. The number of hydrogen-bond acceptors (Lipinski definition) is 4. The van der Waals surface area contributed by atoms with Gasteiger partial charge in [0, 0.05) is 43.6 Å². The van der Waals surface area contributed by atoms with E-state index < -0.39 is 22.9 Å². The van der Waals surface area contributed by atoms with Crippen LogP contribution in [-0.4, -0.2) is 63.8 Å². The van der Waals surface area contributed by atoms with Gasteiger partial charge in [-0.2, -0.15) is 13.2 Å². The van der Waals surface area contributed by atoms with Gasteiger partial charge in [0.15, 0.2) is 0 Å². The molecule has 1 aromatic heterocycles. The molecule has 3 aliphatic rings. The minimum Gasteiger partial charge on any atom is -0.381 e. The molecule has 0 bridgehead atoms. The van der Waals surface area contributed by atoms with Crippen LogP contribution in [0, 0.1) is 18.3 Å². The van der Waals surface area contributed by atoms with Gasteiger partial charge in [0.25, 0.3) is 0 Å². The first-order valence-corrected chi connectivity index (χ1v) is 9.83. The fourth-order valence-electron chi connectivity index (χ4n) is 3.98. The number of rotatable bonds is 4. The van der Waals surface area contributed by atoms with Crippen LogP contribution in [0.5, 0.6) is 0 Å². The van der Waals surface area contributed by atoms with Crippen molar-refractivity contribution in [3.05, 3.63) is 23.5 Å². The number of alkyl halides is 3. The Bertz CT molecular complexity index is 724. The first-order chi connectivity index (χ1) is 12.2. The normalized spacial score (nSPS) is 26.0. The maximum absolute atomic E-state index is 12.7. The number of aryl methyl sites for hydroxylation is 1. The summed E-state index contributed by atoms with van der Waals surface area (Å²) in [5.74, 6) is 0.610. The Kier molecular flexibility index (Phi) is 4.41. The van der Waals surface area contributed by atoms with Crippen molar-refractivity contribution in [3.63, 3.8) is 0 Å². The number of ether oxygens (including phenoxy) is 1. The van der Waals surface area contributed by atoms with Gasteiger partial charge in [-0.3, -0.25) is 4.90 Å². The predicted octanol–water partition coefficient (Wildman–Crippen LogP) is 2.08. The third kappa shape index (κ3) is 3.08. The number of likely N-dealkylation sites (tertiary alicyclic amines) is 1. The van der Waals surface area contributed by atoms with Crippen LogP contribution in [0.1, 0.15) is 18.3 Å². The maximum atomic E-state index is 12.7. The molecular weight excluding hydrogens is 367 g/mol. The predicted molar refractivity (Wildman–Crippen MR) is 89.7 cm³/mol. The first-order valence-electron chi connectivity index (χ1n) is 8.72. The highest BCUT2D eigenvalue weighted by Gasteiger charge is 2.55. The molecule has 2 unspecified atom stereocenters. The Hall–Kier alpha value is -1.03. The standard InChI is InChI=1S/C17H22F3N3O2S/c1-11-14(3-4-15(21-11)17(18,19)20)26(24)23-9-16(10-23)7-22(8-16)12(2)13-5-25-6-13/h3-4,12-13H,5-10H2,1-2H3. The second-order valence-electron chi connectivity index (χ2n) is 7.77. The van der Waals surface area contributed by atoms with Crippen molar-refractivity contribution in [2.75, 3.05) is 39.4 Å². The molecule has 3 saturated heterocycles. The van der Waals surface area contributed by atoms with E-state index in [-0.39, 0.29) is 11.1 Å². The molecule has 0 saturated carbocycles. The van der Waals surface area contributed by atoms with Crippen molar-refractivity contribution >= 4 is 11.0 Å². The van der Waals surface area contributed by atoms with Gasteiger partial charge in [0.1, 0.15) is 16.7 Å². The van der Waals surface area contributed by atoms with Crippen LogP contribution in [0.3, 0.4) is 0 Å². The fourth-order valence-corrected chi connectivity index (χ4v) is 5.53. The molecule has 4 rings (SSSR count). The molecular formula is C17H22F3N3O2S.